The van der Waals surface area contributed by atoms with Crippen LogP contribution in [-0.2, 0) is 0 Å². The van der Waals surface area contributed by atoms with Crippen molar-refractivity contribution in [1.29, 1.82) is 0 Å². The lowest BCUT2D eigenvalue weighted by atomic mass is 10.7. The van der Waals surface area contributed by atoms with Gasteiger partial charge in [0.15, 0.2) is 0 Å². The molecule has 0 aliphatic carbocycles. The standard InChI is InChI=1S/C11H30N2P2Si/c1-8-12(9-2)15(13(10-3)11-4)14-16(5,6)7/h14H,8-11H2,1-7H3. The Hall–Kier alpha value is 0.997. The van der Waals surface area contributed by atoms with Crippen molar-refractivity contribution in [2.45, 2.75) is 47.3 Å². The fourth-order valence-corrected chi connectivity index (χ4v) is 16.2. The highest BCUT2D eigenvalue weighted by molar-refractivity contribution is 8.33. The third-order valence-electron chi connectivity index (χ3n) is 2.43. The van der Waals surface area contributed by atoms with Crippen molar-refractivity contribution < 1.29 is 0 Å². The fourth-order valence-electron chi connectivity index (χ4n) is 1.60. The maximum atomic E-state index is 2.69. The summed E-state index contributed by atoms with van der Waals surface area (Å²) in [6, 6.07) is 0. The van der Waals surface area contributed by atoms with E-state index >= 15 is 0 Å². The van der Waals surface area contributed by atoms with Crippen molar-refractivity contribution in [3.63, 3.8) is 0 Å². The first kappa shape index (κ1) is 17.0. The molecular weight excluding hydrogens is 250 g/mol. The van der Waals surface area contributed by atoms with Gasteiger partial charge in [-0.1, -0.05) is 55.2 Å². The molecule has 0 spiro atoms. The summed E-state index contributed by atoms with van der Waals surface area (Å²) in [6.07, 6.45) is 0. The summed E-state index contributed by atoms with van der Waals surface area (Å²) < 4.78 is 5.39. The number of hydrogen-bond donors (Lipinski definition) is 0. The molecular formula is C11H30N2P2Si. The van der Waals surface area contributed by atoms with Crippen molar-refractivity contribution in [1.82, 2.24) is 9.34 Å². The summed E-state index contributed by atoms with van der Waals surface area (Å²) in [6.45, 7) is 21.6. The second kappa shape index (κ2) is 8.16. The van der Waals surface area contributed by atoms with E-state index < -0.39 is 7.74 Å². The Bertz CT molecular complexity index is 165. The van der Waals surface area contributed by atoms with Gasteiger partial charge in [0.1, 0.15) is 0 Å². The highest BCUT2D eigenvalue weighted by Crippen LogP contribution is 2.64. The zero-order valence-corrected chi connectivity index (χ0v) is 15.1. The summed E-state index contributed by atoms with van der Waals surface area (Å²) in [5.74, 6) is 0. The van der Waals surface area contributed by atoms with Crippen molar-refractivity contribution in [2.75, 3.05) is 26.2 Å². The van der Waals surface area contributed by atoms with Gasteiger partial charge in [-0.05, 0) is 0 Å². The Labute approximate surface area is 107 Å². The smallest absolute Gasteiger partial charge is 0.0766 e. The van der Waals surface area contributed by atoms with E-state index in [0.717, 1.165) is 0 Å². The molecule has 0 amide bonds. The van der Waals surface area contributed by atoms with Crippen LogP contribution in [0.5, 0.6) is 0 Å². The molecule has 0 aliphatic heterocycles. The molecule has 0 bridgehead atoms. The molecule has 0 aromatic heterocycles. The second-order valence-electron chi connectivity index (χ2n) is 4.93. The van der Waals surface area contributed by atoms with Crippen molar-refractivity contribution in [3.8, 4) is 0 Å². The fraction of sp³-hybridized carbons (Fsp3) is 1.00. The topological polar surface area (TPSA) is 6.48 Å². The lowest BCUT2D eigenvalue weighted by Gasteiger charge is -2.40. The first-order valence-corrected chi connectivity index (χ1v) is 14.1. The Morgan fingerprint density at radius 1 is 0.812 bits per heavy atom. The van der Waals surface area contributed by atoms with Crippen LogP contribution in [0.4, 0.5) is 0 Å². The third kappa shape index (κ3) is 6.07. The van der Waals surface area contributed by atoms with E-state index in [1.54, 1.807) is 0 Å². The van der Waals surface area contributed by atoms with Gasteiger partial charge in [0.2, 0.25) is 0 Å². The first-order valence-electron chi connectivity index (χ1n) is 6.47. The summed E-state index contributed by atoms with van der Waals surface area (Å²) in [5, 5.41) is 0. The Balaban J connectivity index is 4.73. The van der Waals surface area contributed by atoms with Gasteiger partial charge in [0.05, 0.1) is 15.7 Å². The lowest BCUT2D eigenvalue weighted by molar-refractivity contribution is 0.435. The zero-order chi connectivity index (χ0) is 12.8. The van der Waals surface area contributed by atoms with Gasteiger partial charge >= 0.3 is 0 Å². The van der Waals surface area contributed by atoms with E-state index in [1.807, 2.05) is 0 Å². The van der Waals surface area contributed by atoms with E-state index in [4.69, 9.17) is 0 Å². The summed E-state index contributed by atoms with van der Waals surface area (Å²) >= 11 is 0. The molecule has 1 unspecified atom stereocenters. The normalized spacial score (nSPS) is 13.9. The molecule has 98 valence electrons. The first-order chi connectivity index (χ1) is 7.39. The molecule has 0 fully saturated rings. The van der Waals surface area contributed by atoms with Crippen LogP contribution in [0.15, 0.2) is 0 Å². The van der Waals surface area contributed by atoms with E-state index in [9.17, 15) is 0 Å². The molecule has 5 heteroatoms. The average molecular weight is 280 g/mol. The minimum absolute atomic E-state index is 0.0198. The largest absolute Gasteiger partial charge is 0.268 e. The van der Waals surface area contributed by atoms with Crippen LogP contribution in [-0.4, -0.2) is 43.3 Å². The van der Waals surface area contributed by atoms with Crippen molar-refractivity contribution in [3.05, 3.63) is 0 Å². The van der Waals surface area contributed by atoms with Gasteiger partial charge in [-0.2, -0.15) is 0 Å². The SMILES string of the molecule is CCN(CC)P(P[Si](C)(C)C)N(CC)CC. The van der Waals surface area contributed by atoms with Gasteiger partial charge in [0, 0.05) is 26.2 Å². The summed E-state index contributed by atoms with van der Waals surface area (Å²) in [4.78, 5) is 0. The van der Waals surface area contributed by atoms with Crippen LogP contribution in [0.25, 0.3) is 0 Å². The van der Waals surface area contributed by atoms with Crippen molar-refractivity contribution in [2.24, 2.45) is 0 Å². The molecule has 0 heterocycles. The molecule has 0 aromatic rings. The summed E-state index contributed by atoms with van der Waals surface area (Å²) in [5.41, 5.74) is 0. The number of rotatable bonds is 8. The number of hydrogen-bond acceptors (Lipinski definition) is 2. The van der Waals surface area contributed by atoms with E-state index in [-0.39, 0.29) is 7.91 Å². The predicted octanol–water partition coefficient (Wildman–Crippen LogP) is 4.41. The van der Waals surface area contributed by atoms with Crippen LogP contribution in [0.1, 0.15) is 27.7 Å². The molecule has 16 heavy (non-hydrogen) atoms. The van der Waals surface area contributed by atoms with Gasteiger partial charge in [-0.15, -0.1) is 0 Å². The quantitative estimate of drug-likeness (QED) is 0.480. The highest BCUT2D eigenvalue weighted by Gasteiger charge is 2.27. The maximum Gasteiger partial charge on any atom is 0.0766 e. The van der Waals surface area contributed by atoms with Crippen LogP contribution >= 0.6 is 15.7 Å². The average Bonchev–Trinajstić information content (AvgIpc) is 2.19. The Morgan fingerprint density at radius 2 is 1.12 bits per heavy atom. The molecule has 0 radical (unpaired) electrons. The minimum atomic E-state index is -0.938. The van der Waals surface area contributed by atoms with Crippen molar-refractivity contribution >= 4 is 23.5 Å². The zero-order valence-electron chi connectivity index (χ0n) is 12.2. The van der Waals surface area contributed by atoms with Gasteiger partial charge in [0.25, 0.3) is 0 Å². The molecule has 0 saturated carbocycles. The Morgan fingerprint density at radius 3 is 1.31 bits per heavy atom. The van der Waals surface area contributed by atoms with E-state index in [1.165, 1.54) is 34.0 Å². The highest BCUT2D eigenvalue weighted by atomic mass is 32.2. The van der Waals surface area contributed by atoms with Crippen LogP contribution in [0, 0.1) is 0 Å². The van der Waals surface area contributed by atoms with Gasteiger partial charge < -0.3 is 0 Å². The van der Waals surface area contributed by atoms with E-state index in [0.29, 0.717) is 0 Å². The van der Waals surface area contributed by atoms with Gasteiger partial charge in [-0.25, -0.2) is 0 Å². The summed E-state index contributed by atoms with van der Waals surface area (Å²) in [7, 11) is 0.219. The van der Waals surface area contributed by atoms with Gasteiger partial charge in [-0.3, -0.25) is 9.34 Å². The van der Waals surface area contributed by atoms with Crippen LogP contribution in [0.2, 0.25) is 19.6 Å². The molecule has 0 rings (SSSR count). The molecule has 1 atom stereocenters. The lowest BCUT2D eigenvalue weighted by Crippen LogP contribution is -2.29. The molecule has 0 aromatic carbocycles. The minimum Gasteiger partial charge on any atom is -0.268 e. The molecule has 0 N–H and O–H groups in total. The Kier molecular flexibility index (Phi) is 8.67. The molecule has 0 saturated heterocycles. The maximum absolute atomic E-state index is 2.69. The van der Waals surface area contributed by atoms with Crippen LogP contribution < -0.4 is 0 Å². The van der Waals surface area contributed by atoms with E-state index in [2.05, 4.69) is 56.7 Å². The number of nitrogens with zero attached hydrogens (tertiary/aromatic N) is 2. The van der Waals surface area contributed by atoms with Crippen LogP contribution in [0.3, 0.4) is 0 Å². The predicted molar refractivity (Wildman–Crippen MR) is 84.4 cm³/mol. The third-order valence-corrected chi connectivity index (χ3v) is 17.7. The molecule has 2 nitrogen and oxygen atoms in total. The second-order valence-corrected chi connectivity index (χ2v) is 19.7. The molecule has 0 aliphatic rings. The monoisotopic (exact) mass is 280 g/mol.